The number of carbonyl (C=O) groups is 3. The zero-order valence-electron chi connectivity index (χ0n) is 13.3. The fraction of sp³-hybridized carbons (Fsp3) is 0.438. The Kier molecular flexibility index (Phi) is 4.39. The van der Waals surface area contributed by atoms with Gasteiger partial charge in [-0.15, -0.1) is 0 Å². The first-order valence-corrected chi connectivity index (χ1v) is 7.87. The third kappa shape index (κ3) is 3.05. The number of aliphatic hydroxyl groups is 1. The van der Waals surface area contributed by atoms with Crippen LogP contribution in [0.3, 0.4) is 0 Å². The Morgan fingerprint density at radius 1 is 1.29 bits per heavy atom. The van der Waals surface area contributed by atoms with E-state index < -0.39 is 18.2 Å². The van der Waals surface area contributed by atoms with Crippen LogP contribution in [-0.4, -0.2) is 70.6 Å². The first-order valence-electron chi connectivity index (χ1n) is 7.87. The van der Waals surface area contributed by atoms with Crippen LogP contribution in [0.5, 0.6) is 0 Å². The average Bonchev–Trinajstić information content (AvgIpc) is 2.58. The molecule has 1 aromatic carbocycles. The van der Waals surface area contributed by atoms with Gasteiger partial charge in [0.25, 0.3) is 0 Å². The van der Waals surface area contributed by atoms with Gasteiger partial charge in [-0.2, -0.15) is 0 Å². The van der Waals surface area contributed by atoms with E-state index in [9.17, 15) is 19.5 Å². The van der Waals surface area contributed by atoms with Gasteiger partial charge < -0.3 is 25.5 Å². The van der Waals surface area contributed by atoms with Crippen LogP contribution in [0.1, 0.15) is 6.92 Å². The predicted octanol–water partition coefficient (Wildman–Crippen LogP) is -0.390. The molecule has 2 aliphatic rings. The third-order valence-electron chi connectivity index (χ3n) is 4.32. The highest BCUT2D eigenvalue weighted by molar-refractivity contribution is 5.98. The topological polar surface area (TPSA) is 102 Å². The smallest absolute Gasteiger partial charge is 0.321 e. The van der Waals surface area contributed by atoms with Crippen LogP contribution < -0.4 is 10.6 Å². The van der Waals surface area contributed by atoms with E-state index in [1.165, 1.54) is 16.7 Å². The van der Waals surface area contributed by atoms with Crippen LogP contribution in [-0.2, 0) is 9.59 Å². The van der Waals surface area contributed by atoms with Gasteiger partial charge in [-0.25, -0.2) is 4.79 Å². The molecule has 0 saturated carbocycles. The Labute approximate surface area is 139 Å². The number of hydrogen-bond acceptors (Lipinski definition) is 4. The monoisotopic (exact) mass is 332 g/mol. The Morgan fingerprint density at radius 2 is 2.00 bits per heavy atom. The molecule has 2 aliphatic heterocycles. The minimum Gasteiger partial charge on any atom is -0.391 e. The van der Waals surface area contributed by atoms with E-state index in [1.807, 2.05) is 18.2 Å². The zero-order valence-corrected chi connectivity index (χ0v) is 13.3. The molecular weight excluding hydrogens is 312 g/mol. The number of nitrogens with one attached hydrogen (secondary N) is 2. The quantitative estimate of drug-likeness (QED) is 0.686. The second-order valence-corrected chi connectivity index (χ2v) is 6.02. The van der Waals surface area contributed by atoms with Crippen molar-refractivity contribution in [3.05, 3.63) is 30.3 Å². The number of para-hydroxylation sites is 1. The van der Waals surface area contributed by atoms with Crippen molar-refractivity contribution >= 4 is 23.5 Å². The third-order valence-corrected chi connectivity index (χ3v) is 4.32. The van der Waals surface area contributed by atoms with Crippen molar-refractivity contribution in [1.82, 2.24) is 15.1 Å². The number of piperazine rings is 2. The first kappa shape index (κ1) is 16.3. The van der Waals surface area contributed by atoms with Crippen molar-refractivity contribution in [2.75, 3.05) is 25.0 Å². The van der Waals surface area contributed by atoms with Crippen molar-refractivity contribution in [2.45, 2.75) is 25.1 Å². The second-order valence-electron chi connectivity index (χ2n) is 6.02. The van der Waals surface area contributed by atoms with E-state index in [4.69, 9.17) is 0 Å². The highest BCUT2D eigenvalue weighted by Crippen LogP contribution is 2.18. The van der Waals surface area contributed by atoms with Crippen LogP contribution in [0.2, 0.25) is 0 Å². The lowest BCUT2D eigenvalue weighted by Gasteiger charge is -2.45. The van der Waals surface area contributed by atoms with Gasteiger partial charge in [-0.1, -0.05) is 18.2 Å². The van der Waals surface area contributed by atoms with Crippen LogP contribution in [0.15, 0.2) is 30.3 Å². The summed E-state index contributed by atoms with van der Waals surface area (Å²) in [5.74, 6) is -0.657. The summed E-state index contributed by atoms with van der Waals surface area (Å²) in [6, 6.07) is 7.09. The van der Waals surface area contributed by atoms with Crippen LogP contribution in [0.4, 0.5) is 10.5 Å². The largest absolute Gasteiger partial charge is 0.391 e. The number of benzene rings is 1. The van der Waals surface area contributed by atoms with E-state index in [1.54, 1.807) is 12.1 Å². The second kappa shape index (κ2) is 6.48. The molecule has 0 unspecified atom stereocenters. The Morgan fingerprint density at radius 3 is 2.67 bits per heavy atom. The number of aliphatic hydroxyl groups excluding tert-OH is 1. The van der Waals surface area contributed by atoms with Crippen LogP contribution in [0.25, 0.3) is 0 Å². The van der Waals surface area contributed by atoms with Crippen molar-refractivity contribution in [3.8, 4) is 0 Å². The van der Waals surface area contributed by atoms with E-state index in [0.717, 1.165) is 0 Å². The van der Waals surface area contributed by atoms with Crippen LogP contribution in [0, 0.1) is 0 Å². The molecule has 3 atom stereocenters. The number of fused-ring (bicyclic) bond motifs is 1. The summed E-state index contributed by atoms with van der Waals surface area (Å²) in [7, 11) is 0. The molecule has 2 fully saturated rings. The summed E-state index contributed by atoms with van der Waals surface area (Å²) in [5.41, 5.74) is 0.670. The van der Waals surface area contributed by atoms with E-state index >= 15 is 0 Å². The molecule has 8 heteroatoms. The lowest BCUT2D eigenvalue weighted by molar-refractivity contribution is -0.155. The van der Waals surface area contributed by atoms with Gasteiger partial charge in [0.15, 0.2) is 0 Å². The fourth-order valence-corrected chi connectivity index (χ4v) is 3.00. The molecule has 4 amide bonds. The summed E-state index contributed by atoms with van der Waals surface area (Å²) in [5, 5.41) is 14.9. The molecule has 0 spiro atoms. The van der Waals surface area contributed by atoms with Crippen molar-refractivity contribution in [2.24, 2.45) is 0 Å². The summed E-state index contributed by atoms with van der Waals surface area (Å²) >= 11 is 0. The Hall–Kier alpha value is -2.61. The maximum atomic E-state index is 12.3. The summed E-state index contributed by atoms with van der Waals surface area (Å²) in [6.07, 6.45) is -0.957. The van der Waals surface area contributed by atoms with Gasteiger partial charge in [0.1, 0.15) is 12.1 Å². The number of nitrogens with zero attached hydrogens (tertiary/aromatic N) is 2. The number of carbonyl (C=O) groups excluding carboxylic acids is 3. The van der Waals surface area contributed by atoms with Gasteiger partial charge in [-0.3, -0.25) is 9.59 Å². The number of rotatable bonds is 2. The molecule has 3 rings (SSSR count). The van der Waals surface area contributed by atoms with E-state index in [2.05, 4.69) is 10.6 Å². The number of anilines is 1. The number of amides is 4. The van der Waals surface area contributed by atoms with E-state index in [0.29, 0.717) is 12.2 Å². The van der Waals surface area contributed by atoms with Gasteiger partial charge in [-0.05, 0) is 19.1 Å². The standard InChI is InChI=1S/C16H20N4O4/c1-10(21)13-15(23)20-8-7-19(9-12(20)14(22)18-13)16(24)17-11-5-3-2-4-6-11/h2-6,10,12-13,21H,7-9H2,1H3,(H,17,24)(H,18,22)/t10-,12+,13+/m0/s1. The van der Waals surface area contributed by atoms with Gasteiger partial charge in [0.2, 0.25) is 11.8 Å². The first-order chi connectivity index (χ1) is 11.5. The maximum Gasteiger partial charge on any atom is 0.321 e. The molecule has 1 aromatic rings. The Balaban J connectivity index is 1.67. The molecular formula is C16H20N4O4. The summed E-state index contributed by atoms with van der Waals surface area (Å²) in [4.78, 5) is 39.9. The normalized spacial score (nSPS) is 24.9. The lowest BCUT2D eigenvalue weighted by atomic mass is 10.0. The molecule has 2 saturated heterocycles. The highest BCUT2D eigenvalue weighted by Gasteiger charge is 2.45. The van der Waals surface area contributed by atoms with Crippen molar-refractivity contribution in [1.29, 1.82) is 0 Å². The summed E-state index contributed by atoms with van der Waals surface area (Å²) in [6.45, 7) is 2.19. The zero-order chi connectivity index (χ0) is 17.3. The minimum atomic E-state index is -0.957. The lowest BCUT2D eigenvalue weighted by Crippen LogP contribution is -2.71. The fourth-order valence-electron chi connectivity index (χ4n) is 3.00. The molecule has 24 heavy (non-hydrogen) atoms. The molecule has 0 bridgehead atoms. The molecule has 0 aliphatic carbocycles. The van der Waals surface area contributed by atoms with Gasteiger partial charge in [0, 0.05) is 18.8 Å². The predicted molar refractivity (Wildman–Crippen MR) is 86.1 cm³/mol. The van der Waals surface area contributed by atoms with Crippen LogP contribution >= 0.6 is 0 Å². The average molecular weight is 332 g/mol. The molecule has 8 nitrogen and oxygen atoms in total. The van der Waals surface area contributed by atoms with Gasteiger partial charge >= 0.3 is 6.03 Å². The minimum absolute atomic E-state index is 0.128. The molecule has 2 heterocycles. The maximum absolute atomic E-state index is 12.3. The van der Waals surface area contributed by atoms with Gasteiger partial charge in [0.05, 0.1) is 12.6 Å². The van der Waals surface area contributed by atoms with Crippen molar-refractivity contribution in [3.63, 3.8) is 0 Å². The molecule has 0 radical (unpaired) electrons. The highest BCUT2D eigenvalue weighted by atomic mass is 16.3. The van der Waals surface area contributed by atoms with Crippen molar-refractivity contribution < 1.29 is 19.5 Å². The molecule has 128 valence electrons. The SMILES string of the molecule is C[C@H](O)[C@H]1NC(=O)[C@H]2CN(C(=O)Nc3ccccc3)CCN2C1=O. The Bertz CT molecular complexity index is 649. The summed E-state index contributed by atoms with van der Waals surface area (Å²) < 4.78 is 0. The molecule has 0 aromatic heterocycles. The number of urea groups is 1. The number of hydrogen-bond donors (Lipinski definition) is 3. The van der Waals surface area contributed by atoms with E-state index in [-0.39, 0.29) is 30.9 Å². The molecule has 3 N–H and O–H groups in total.